The van der Waals surface area contributed by atoms with Gasteiger partial charge in [-0.2, -0.15) is 0 Å². The Bertz CT molecular complexity index is 614. The van der Waals surface area contributed by atoms with Gasteiger partial charge in [0.25, 0.3) is 5.91 Å². The van der Waals surface area contributed by atoms with Crippen LogP contribution in [0.25, 0.3) is 10.9 Å². The van der Waals surface area contributed by atoms with Crippen molar-refractivity contribution in [2.75, 3.05) is 13.1 Å². The van der Waals surface area contributed by atoms with Gasteiger partial charge >= 0.3 is 0 Å². The van der Waals surface area contributed by atoms with Crippen molar-refractivity contribution in [3.05, 3.63) is 35.0 Å². The van der Waals surface area contributed by atoms with Gasteiger partial charge in [-0.25, -0.2) is 0 Å². The maximum atomic E-state index is 12.4. The van der Waals surface area contributed by atoms with Crippen molar-refractivity contribution in [1.29, 1.82) is 0 Å². The number of aromatic amines is 1. The fourth-order valence-corrected chi connectivity index (χ4v) is 2.67. The van der Waals surface area contributed by atoms with Gasteiger partial charge < -0.3 is 15.6 Å². The van der Waals surface area contributed by atoms with Crippen molar-refractivity contribution in [2.45, 2.75) is 18.9 Å². The van der Waals surface area contributed by atoms with Crippen LogP contribution in [0.15, 0.2) is 24.3 Å². The van der Waals surface area contributed by atoms with Gasteiger partial charge in [-0.1, -0.05) is 11.6 Å². The van der Waals surface area contributed by atoms with Crippen LogP contribution in [0.3, 0.4) is 0 Å². The van der Waals surface area contributed by atoms with Crippen molar-refractivity contribution >= 4 is 28.4 Å². The van der Waals surface area contributed by atoms with Crippen LogP contribution in [0.2, 0.25) is 5.02 Å². The highest BCUT2D eigenvalue weighted by Crippen LogP contribution is 2.21. The topological polar surface area (TPSA) is 62.1 Å². The molecule has 0 saturated carbocycles. The number of nitrogens with one attached hydrogen (secondary N) is 1. The number of likely N-dealkylation sites (tertiary alicyclic amines) is 1. The smallest absolute Gasteiger partial charge is 0.270 e. The summed E-state index contributed by atoms with van der Waals surface area (Å²) in [5.74, 6) is 0.0409. The number of aromatic nitrogens is 1. The Morgan fingerprint density at radius 1 is 1.32 bits per heavy atom. The molecule has 100 valence electrons. The number of hydrogen-bond acceptors (Lipinski definition) is 2. The normalized spacial score (nSPS) is 17.1. The van der Waals surface area contributed by atoms with Crippen LogP contribution in [-0.4, -0.2) is 34.9 Å². The van der Waals surface area contributed by atoms with Gasteiger partial charge in [0.2, 0.25) is 0 Å². The molecule has 3 N–H and O–H groups in total. The summed E-state index contributed by atoms with van der Waals surface area (Å²) in [6.07, 6.45) is 1.75. The molecule has 0 unspecified atom stereocenters. The number of H-pyrrole nitrogens is 1. The van der Waals surface area contributed by atoms with Gasteiger partial charge in [-0.05, 0) is 37.1 Å². The minimum absolute atomic E-state index is 0.0409. The minimum atomic E-state index is 0.0409. The third kappa shape index (κ3) is 2.46. The molecule has 3 rings (SSSR count). The zero-order valence-electron chi connectivity index (χ0n) is 10.5. The third-order valence-electron chi connectivity index (χ3n) is 3.64. The van der Waals surface area contributed by atoms with E-state index in [0.717, 1.165) is 36.8 Å². The maximum absolute atomic E-state index is 12.4. The van der Waals surface area contributed by atoms with Crippen LogP contribution >= 0.6 is 11.6 Å². The van der Waals surface area contributed by atoms with Crippen LogP contribution in [0.4, 0.5) is 0 Å². The lowest BCUT2D eigenvalue weighted by Crippen LogP contribution is -2.42. The summed E-state index contributed by atoms with van der Waals surface area (Å²) in [5.41, 5.74) is 7.40. The van der Waals surface area contributed by atoms with E-state index in [-0.39, 0.29) is 11.9 Å². The number of fused-ring (bicyclic) bond motifs is 1. The van der Waals surface area contributed by atoms with Gasteiger partial charge in [-0.3, -0.25) is 4.79 Å². The van der Waals surface area contributed by atoms with Crippen molar-refractivity contribution in [3.63, 3.8) is 0 Å². The summed E-state index contributed by atoms with van der Waals surface area (Å²) in [6, 6.07) is 7.65. The van der Waals surface area contributed by atoms with E-state index in [4.69, 9.17) is 17.3 Å². The lowest BCUT2D eigenvalue weighted by atomic mass is 10.1. The number of halogens is 1. The minimum Gasteiger partial charge on any atom is -0.351 e. The van der Waals surface area contributed by atoms with E-state index in [2.05, 4.69) is 4.98 Å². The van der Waals surface area contributed by atoms with Crippen LogP contribution in [-0.2, 0) is 0 Å². The Morgan fingerprint density at radius 2 is 2.05 bits per heavy atom. The number of nitrogens with two attached hydrogens (primary N) is 1. The average Bonchev–Trinajstić information content (AvgIpc) is 2.81. The molecule has 1 saturated heterocycles. The Kier molecular flexibility index (Phi) is 3.21. The Balaban J connectivity index is 1.85. The fraction of sp³-hybridized carbons (Fsp3) is 0.357. The molecule has 0 spiro atoms. The van der Waals surface area contributed by atoms with Gasteiger partial charge in [0, 0.05) is 35.1 Å². The lowest BCUT2D eigenvalue weighted by molar-refractivity contribution is 0.0710. The second kappa shape index (κ2) is 4.87. The first kappa shape index (κ1) is 12.5. The van der Waals surface area contributed by atoms with E-state index in [1.54, 1.807) is 0 Å². The number of hydrogen-bond donors (Lipinski definition) is 2. The van der Waals surface area contributed by atoms with E-state index in [1.165, 1.54) is 0 Å². The van der Waals surface area contributed by atoms with E-state index in [0.29, 0.717) is 10.7 Å². The van der Waals surface area contributed by atoms with Gasteiger partial charge in [0.1, 0.15) is 5.69 Å². The summed E-state index contributed by atoms with van der Waals surface area (Å²) >= 11 is 5.95. The van der Waals surface area contributed by atoms with Gasteiger partial charge in [0.05, 0.1) is 0 Å². The highest BCUT2D eigenvalue weighted by molar-refractivity contribution is 6.31. The zero-order chi connectivity index (χ0) is 13.4. The number of carbonyl (C=O) groups excluding carboxylic acids is 1. The van der Waals surface area contributed by atoms with Gasteiger partial charge in [0.15, 0.2) is 0 Å². The quantitative estimate of drug-likeness (QED) is 0.841. The molecule has 19 heavy (non-hydrogen) atoms. The molecule has 1 aliphatic heterocycles. The second-order valence-electron chi connectivity index (χ2n) is 5.04. The molecule has 1 amide bonds. The number of piperidine rings is 1. The molecule has 0 atom stereocenters. The molecular formula is C14H16ClN3O. The number of carbonyl (C=O) groups is 1. The maximum Gasteiger partial charge on any atom is 0.270 e. The molecule has 1 aliphatic rings. The number of nitrogens with zero attached hydrogens (tertiary/aromatic N) is 1. The summed E-state index contributed by atoms with van der Waals surface area (Å²) in [5, 5.41) is 1.64. The molecule has 2 aromatic rings. The van der Waals surface area contributed by atoms with E-state index < -0.39 is 0 Å². The predicted octanol–water partition coefficient (Wildman–Crippen LogP) is 2.38. The SMILES string of the molecule is NC1CCN(C(=O)c2cc3cc(Cl)ccc3[nH]2)CC1. The summed E-state index contributed by atoms with van der Waals surface area (Å²) < 4.78 is 0. The van der Waals surface area contributed by atoms with Crippen LogP contribution in [0, 0.1) is 0 Å². The molecule has 2 heterocycles. The summed E-state index contributed by atoms with van der Waals surface area (Å²) in [6.45, 7) is 1.46. The number of benzene rings is 1. The first-order chi connectivity index (χ1) is 9.13. The van der Waals surface area contributed by atoms with Crippen LogP contribution in [0.5, 0.6) is 0 Å². The Morgan fingerprint density at radius 3 is 2.79 bits per heavy atom. The first-order valence-corrected chi connectivity index (χ1v) is 6.84. The van der Waals surface area contributed by atoms with Crippen molar-refractivity contribution < 1.29 is 4.79 Å². The second-order valence-corrected chi connectivity index (χ2v) is 5.48. The Hall–Kier alpha value is -1.52. The van der Waals surface area contributed by atoms with E-state index in [9.17, 15) is 4.79 Å². The van der Waals surface area contributed by atoms with Crippen molar-refractivity contribution in [3.8, 4) is 0 Å². The Labute approximate surface area is 116 Å². The molecule has 0 aliphatic carbocycles. The zero-order valence-corrected chi connectivity index (χ0v) is 11.3. The molecule has 5 heteroatoms. The standard InChI is InChI=1S/C14H16ClN3O/c15-10-1-2-12-9(7-10)8-13(17-12)14(19)18-5-3-11(16)4-6-18/h1-2,7-8,11,17H,3-6,16H2. The molecule has 0 radical (unpaired) electrons. The number of amides is 1. The predicted molar refractivity (Wildman–Crippen MR) is 76.4 cm³/mol. The first-order valence-electron chi connectivity index (χ1n) is 6.46. The molecule has 1 aromatic carbocycles. The average molecular weight is 278 g/mol. The monoisotopic (exact) mass is 277 g/mol. The molecular weight excluding hydrogens is 262 g/mol. The molecule has 0 bridgehead atoms. The summed E-state index contributed by atoms with van der Waals surface area (Å²) in [7, 11) is 0. The van der Waals surface area contributed by atoms with Crippen LogP contribution < -0.4 is 5.73 Å². The van der Waals surface area contributed by atoms with Crippen molar-refractivity contribution in [2.24, 2.45) is 5.73 Å². The van der Waals surface area contributed by atoms with Crippen LogP contribution in [0.1, 0.15) is 23.3 Å². The highest BCUT2D eigenvalue weighted by Gasteiger charge is 2.22. The van der Waals surface area contributed by atoms with Crippen molar-refractivity contribution in [1.82, 2.24) is 9.88 Å². The summed E-state index contributed by atoms with van der Waals surface area (Å²) in [4.78, 5) is 17.4. The fourth-order valence-electron chi connectivity index (χ4n) is 2.49. The number of rotatable bonds is 1. The van der Waals surface area contributed by atoms with E-state index in [1.807, 2.05) is 29.2 Å². The molecule has 1 aromatic heterocycles. The third-order valence-corrected chi connectivity index (χ3v) is 3.88. The molecule has 1 fully saturated rings. The molecule has 4 nitrogen and oxygen atoms in total. The largest absolute Gasteiger partial charge is 0.351 e. The van der Waals surface area contributed by atoms with E-state index >= 15 is 0 Å². The van der Waals surface area contributed by atoms with Gasteiger partial charge in [-0.15, -0.1) is 0 Å². The highest BCUT2D eigenvalue weighted by atomic mass is 35.5. The lowest BCUT2D eigenvalue weighted by Gasteiger charge is -2.29.